The molecule has 2 bridgehead atoms. The van der Waals surface area contributed by atoms with Crippen LogP contribution < -0.4 is 5.32 Å². The molecule has 0 spiro atoms. The van der Waals surface area contributed by atoms with Crippen molar-refractivity contribution in [3.05, 3.63) is 16.1 Å². The Morgan fingerprint density at radius 1 is 1.40 bits per heavy atom. The highest BCUT2D eigenvalue weighted by Gasteiger charge is 2.39. The molecule has 2 fully saturated rings. The highest BCUT2D eigenvalue weighted by atomic mass is 32.1. The van der Waals surface area contributed by atoms with Gasteiger partial charge in [-0.25, -0.2) is 9.78 Å². The lowest BCUT2D eigenvalue weighted by Gasteiger charge is -2.20. The summed E-state index contributed by atoms with van der Waals surface area (Å²) < 4.78 is 0. The molecule has 1 aromatic rings. The van der Waals surface area contributed by atoms with E-state index in [1.165, 1.54) is 42.4 Å². The van der Waals surface area contributed by atoms with E-state index >= 15 is 0 Å². The monoisotopic (exact) mass is 294 g/mol. The number of carbonyl (C=O) groups excluding carboxylic acids is 1. The lowest BCUT2D eigenvalue weighted by molar-refractivity contribution is -0.122. The fourth-order valence-corrected chi connectivity index (χ4v) is 4.31. The lowest BCUT2D eigenvalue weighted by atomic mass is 9.86. The van der Waals surface area contributed by atoms with Crippen molar-refractivity contribution in [3.8, 4) is 0 Å². The van der Waals surface area contributed by atoms with Crippen molar-refractivity contribution in [1.29, 1.82) is 0 Å². The van der Waals surface area contributed by atoms with Gasteiger partial charge in [0, 0.05) is 11.8 Å². The number of amides is 1. The predicted octanol–water partition coefficient (Wildman–Crippen LogP) is 2.28. The number of aromatic carboxylic acids is 1. The number of thiazole rings is 1. The Kier molecular flexibility index (Phi) is 3.74. The maximum Gasteiger partial charge on any atom is 0.355 e. The quantitative estimate of drug-likeness (QED) is 0.873. The number of nitrogens with one attached hydrogen (secondary N) is 1. The molecule has 6 heteroatoms. The second kappa shape index (κ2) is 5.52. The van der Waals surface area contributed by atoms with Crippen LogP contribution in [0.4, 0.5) is 0 Å². The predicted molar refractivity (Wildman–Crippen MR) is 74.5 cm³/mol. The van der Waals surface area contributed by atoms with Crippen molar-refractivity contribution in [1.82, 2.24) is 10.3 Å². The molecule has 0 aliphatic heterocycles. The average molecular weight is 294 g/mol. The van der Waals surface area contributed by atoms with E-state index in [1.54, 1.807) is 0 Å². The van der Waals surface area contributed by atoms with Crippen LogP contribution in [-0.4, -0.2) is 22.0 Å². The van der Waals surface area contributed by atoms with Gasteiger partial charge in [-0.2, -0.15) is 0 Å². The number of nitrogens with zero attached hydrogens (tertiary/aromatic N) is 1. The van der Waals surface area contributed by atoms with Gasteiger partial charge in [-0.05, 0) is 37.0 Å². The molecule has 5 nitrogen and oxygen atoms in total. The second-order valence-electron chi connectivity index (χ2n) is 5.85. The summed E-state index contributed by atoms with van der Waals surface area (Å²) in [6, 6.07) is 0. The van der Waals surface area contributed by atoms with Crippen LogP contribution in [0.3, 0.4) is 0 Å². The normalized spacial score (nSPS) is 27.7. The van der Waals surface area contributed by atoms with E-state index in [4.69, 9.17) is 5.11 Å². The van der Waals surface area contributed by atoms with Crippen LogP contribution in [-0.2, 0) is 11.3 Å². The zero-order valence-corrected chi connectivity index (χ0v) is 12.0. The molecule has 0 saturated heterocycles. The van der Waals surface area contributed by atoms with E-state index in [0.29, 0.717) is 23.9 Å². The molecular weight excluding hydrogens is 276 g/mol. The van der Waals surface area contributed by atoms with E-state index in [0.717, 1.165) is 11.8 Å². The SMILES string of the molecule is O=C(CC1CC2CCC1C2)NCc1nc(C(=O)O)cs1. The largest absolute Gasteiger partial charge is 0.476 e. The van der Waals surface area contributed by atoms with Gasteiger partial charge >= 0.3 is 5.97 Å². The summed E-state index contributed by atoms with van der Waals surface area (Å²) in [6.07, 6.45) is 5.76. The van der Waals surface area contributed by atoms with Crippen LogP contribution in [0.5, 0.6) is 0 Å². The molecule has 20 heavy (non-hydrogen) atoms. The minimum absolute atomic E-state index is 0.0485. The summed E-state index contributed by atoms with van der Waals surface area (Å²) in [5.74, 6) is 1.20. The minimum atomic E-state index is -1.03. The van der Waals surface area contributed by atoms with E-state index < -0.39 is 5.97 Å². The first kappa shape index (κ1) is 13.5. The van der Waals surface area contributed by atoms with Crippen LogP contribution in [0, 0.1) is 17.8 Å². The first-order chi connectivity index (χ1) is 9.61. The Hall–Kier alpha value is -1.43. The fraction of sp³-hybridized carbons (Fsp3) is 0.643. The van der Waals surface area contributed by atoms with Crippen molar-refractivity contribution in [3.63, 3.8) is 0 Å². The average Bonchev–Trinajstić information content (AvgIpc) is 3.12. The number of hydrogen-bond donors (Lipinski definition) is 2. The molecule has 0 radical (unpaired) electrons. The number of carboxylic acid groups (broad SMARTS) is 1. The smallest absolute Gasteiger partial charge is 0.355 e. The van der Waals surface area contributed by atoms with E-state index in [2.05, 4.69) is 10.3 Å². The molecule has 0 aromatic carbocycles. The molecule has 1 amide bonds. The summed E-state index contributed by atoms with van der Waals surface area (Å²) in [4.78, 5) is 26.6. The molecule has 2 aliphatic rings. The third kappa shape index (κ3) is 2.85. The third-order valence-electron chi connectivity index (χ3n) is 4.54. The number of hydrogen-bond acceptors (Lipinski definition) is 4. The summed E-state index contributed by atoms with van der Waals surface area (Å²) in [6.45, 7) is 0.331. The van der Waals surface area contributed by atoms with Crippen molar-refractivity contribution in [2.75, 3.05) is 0 Å². The first-order valence-electron chi connectivity index (χ1n) is 7.06. The first-order valence-corrected chi connectivity index (χ1v) is 7.94. The van der Waals surface area contributed by atoms with Crippen molar-refractivity contribution >= 4 is 23.2 Å². The molecule has 3 atom stereocenters. The zero-order valence-electron chi connectivity index (χ0n) is 11.2. The Labute approximate surface area is 121 Å². The summed E-state index contributed by atoms with van der Waals surface area (Å²) in [7, 11) is 0. The molecule has 108 valence electrons. The summed E-state index contributed by atoms with van der Waals surface area (Å²) in [5, 5.41) is 13.8. The molecule has 3 rings (SSSR count). The molecular formula is C14H18N2O3S. The molecule has 2 aliphatic carbocycles. The third-order valence-corrected chi connectivity index (χ3v) is 5.39. The maximum atomic E-state index is 11.9. The number of carbonyl (C=O) groups is 2. The standard InChI is InChI=1S/C14H18N2O3S/c17-12(5-10-4-8-1-2-9(10)3-8)15-6-13-16-11(7-20-13)14(18)19/h7-10H,1-6H2,(H,15,17)(H,18,19). The van der Waals surface area contributed by atoms with Crippen molar-refractivity contribution in [2.45, 2.75) is 38.6 Å². The van der Waals surface area contributed by atoms with Gasteiger partial charge < -0.3 is 10.4 Å². The molecule has 1 heterocycles. The number of fused-ring (bicyclic) bond motifs is 2. The van der Waals surface area contributed by atoms with Crippen LogP contribution >= 0.6 is 11.3 Å². The highest BCUT2D eigenvalue weighted by Crippen LogP contribution is 2.49. The Bertz CT molecular complexity index is 528. The van der Waals surface area contributed by atoms with Crippen LogP contribution in [0.1, 0.15) is 47.6 Å². The zero-order chi connectivity index (χ0) is 14.1. The fourth-order valence-electron chi connectivity index (χ4n) is 3.60. The molecule has 3 unspecified atom stereocenters. The molecule has 2 saturated carbocycles. The van der Waals surface area contributed by atoms with Gasteiger partial charge in [0.1, 0.15) is 5.01 Å². The highest BCUT2D eigenvalue weighted by molar-refractivity contribution is 7.09. The number of rotatable bonds is 5. The van der Waals surface area contributed by atoms with Gasteiger partial charge in [-0.15, -0.1) is 11.3 Å². The van der Waals surface area contributed by atoms with E-state index in [-0.39, 0.29) is 11.6 Å². The van der Waals surface area contributed by atoms with Gasteiger partial charge in [0.25, 0.3) is 0 Å². The van der Waals surface area contributed by atoms with Crippen LogP contribution in [0.2, 0.25) is 0 Å². The number of aromatic nitrogens is 1. The Morgan fingerprint density at radius 3 is 2.85 bits per heavy atom. The lowest BCUT2D eigenvalue weighted by Crippen LogP contribution is -2.26. The Morgan fingerprint density at radius 2 is 2.25 bits per heavy atom. The second-order valence-corrected chi connectivity index (χ2v) is 6.79. The molecule has 2 N–H and O–H groups in total. The van der Waals surface area contributed by atoms with Crippen molar-refractivity contribution < 1.29 is 14.7 Å². The van der Waals surface area contributed by atoms with Gasteiger partial charge in [-0.1, -0.05) is 6.42 Å². The van der Waals surface area contributed by atoms with Gasteiger partial charge in [0.2, 0.25) is 5.91 Å². The van der Waals surface area contributed by atoms with E-state index in [1.807, 2.05) is 0 Å². The number of carboxylic acids is 1. The van der Waals surface area contributed by atoms with Gasteiger partial charge in [0.05, 0.1) is 6.54 Å². The van der Waals surface area contributed by atoms with Gasteiger partial charge in [-0.3, -0.25) is 4.79 Å². The Balaban J connectivity index is 1.46. The van der Waals surface area contributed by atoms with Crippen LogP contribution in [0.25, 0.3) is 0 Å². The topological polar surface area (TPSA) is 79.3 Å². The summed E-state index contributed by atoms with van der Waals surface area (Å²) >= 11 is 1.27. The van der Waals surface area contributed by atoms with Gasteiger partial charge in [0.15, 0.2) is 5.69 Å². The minimum Gasteiger partial charge on any atom is -0.476 e. The summed E-state index contributed by atoms with van der Waals surface area (Å²) in [5.41, 5.74) is 0.0485. The van der Waals surface area contributed by atoms with Crippen LogP contribution in [0.15, 0.2) is 5.38 Å². The van der Waals surface area contributed by atoms with E-state index in [9.17, 15) is 9.59 Å². The van der Waals surface area contributed by atoms with Crippen molar-refractivity contribution in [2.24, 2.45) is 17.8 Å². The molecule has 1 aromatic heterocycles. The maximum absolute atomic E-state index is 11.9.